The first-order valence-electron chi connectivity index (χ1n) is 11.7. The highest BCUT2D eigenvalue weighted by molar-refractivity contribution is 6.99. The molecule has 0 amide bonds. The van der Waals surface area contributed by atoms with Crippen LogP contribution in [-0.2, 0) is 23.5 Å². The highest BCUT2D eigenvalue weighted by Gasteiger charge is 2.51. The van der Waals surface area contributed by atoms with E-state index in [1.807, 2.05) is 12.1 Å². The van der Waals surface area contributed by atoms with Gasteiger partial charge in [0.05, 0.1) is 18.8 Å². The maximum Gasteiger partial charge on any atom is 0.305 e. The van der Waals surface area contributed by atoms with Crippen LogP contribution in [0.3, 0.4) is 0 Å². The van der Waals surface area contributed by atoms with Gasteiger partial charge in [-0.1, -0.05) is 87.5 Å². The second-order valence-corrected chi connectivity index (χ2v) is 14.3. The first kappa shape index (κ1) is 24.2. The van der Waals surface area contributed by atoms with E-state index in [2.05, 4.69) is 75.4 Å². The van der Waals surface area contributed by atoms with Gasteiger partial charge < -0.3 is 13.9 Å². The Bertz CT molecular complexity index is 1050. The topological polar surface area (TPSA) is 61.8 Å². The molecule has 0 bridgehead atoms. The van der Waals surface area contributed by atoms with Crippen molar-refractivity contribution in [1.82, 2.24) is 0 Å². The molecule has 2 aromatic rings. The minimum absolute atomic E-state index is 0.0756. The second-order valence-electron chi connectivity index (χ2n) is 9.95. The molecular weight excluding hydrogens is 444 g/mol. The van der Waals surface area contributed by atoms with Crippen LogP contribution in [0.4, 0.5) is 0 Å². The molecule has 0 fully saturated rings. The zero-order valence-electron chi connectivity index (χ0n) is 20.2. The van der Waals surface area contributed by atoms with Crippen LogP contribution in [0.15, 0.2) is 84.1 Å². The number of aldehydes is 1. The fourth-order valence-corrected chi connectivity index (χ4v) is 9.87. The number of benzene rings is 2. The molecule has 0 aromatic heterocycles. The van der Waals surface area contributed by atoms with Crippen LogP contribution in [0.25, 0.3) is 0 Å². The Morgan fingerprint density at radius 3 is 2.15 bits per heavy atom. The van der Waals surface area contributed by atoms with Crippen LogP contribution in [0.2, 0.25) is 5.04 Å². The minimum Gasteiger partial charge on any atom is -0.461 e. The summed E-state index contributed by atoms with van der Waals surface area (Å²) in [6.45, 7) is 8.47. The second kappa shape index (κ2) is 9.72. The number of carbonyl (C=O) groups excluding carboxylic acids is 2. The first-order valence-corrected chi connectivity index (χ1v) is 13.6. The van der Waals surface area contributed by atoms with E-state index in [0.717, 1.165) is 11.9 Å². The van der Waals surface area contributed by atoms with E-state index in [1.54, 1.807) is 0 Å². The number of carbonyl (C=O) groups is 2. The number of allylic oxidation sites excluding steroid dienone is 2. The van der Waals surface area contributed by atoms with Crippen molar-refractivity contribution in [3.05, 3.63) is 84.1 Å². The summed E-state index contributed by atoms with van der Waals surface area (Å²) in [5.74, 6) is -0.730. The van der Waals surface area contributed by atoms with Crippen molar-refractivity contribution >= 4 is 30.9 Å². The van der Waals surface area contributed by atoms with Gasteiger partial charge >= 0.3 is 5.97 Å². The Morgan fingerprint density at radius 2 is 1.65 bits per heavy atom. The molecule has 2 aliphatic rings. The van der Waals surface area contributed by atoms with Crippen LogP contribution < -0.4 is 10.4 Å². The lowest BCUT2D eigenvalue weighted by Crippen LogP contribution is -2.66. The minimum atomic E-state index is -2.73. The van der Waals surface area contributed by atoms with E-state index in [0.29, 0.717) is 18.6 Å². The number of hydrogen-bond acceptors (Lipinski definition) is 5. The van der Waals surface area contributed by atoms with Crippen molar-refractivity contribution < 1.29 is 23.5 Å². The molecule has 0 radical (unpaired) electrons. The summed E-state index contributed by atoms with van der Waals surface area (Å²) in [7, 11) is -2.73. The molecule has 1 aliphatic carbocycles. The van der Waals surface area contributed by atoms with Gasteiger partial charge in [0.25, 0.3) is 14.6 Å². The molecule has 0 unspecified atom stereocenters. The number of fused-ring (bicyclic) bond motifs is 1. The van der Waals surface area contributed by atoms with E-state index in [9.17, 15) is 9.59 Å². The first-order chi connectivity index (χ1) is 16.3. The van der Waals surface area contributed by atoms with Crippen molar-refractivity contribution in [2.45, 2.75) is 45.4 Å². The normalized spacial score (nSPS) is 22.2. The lowest BCUT2D eigenvalue weighted by Gasteiger charge is -2.43. The average molecular weight is 477 g/mol. The van der Waals surface area contributed by atoms with Crippen molar-refractivity contribution in [1.29, 1.82) is 0 Å². The molecular formula is C28H32O5Si. The molecule has 2 aromatic carbocycles. The highest BCUT2D eigenvalue weighted by atomic mass is 28.4. The van der Waals surface area contributed by atoms with Crippen molar-refractivity contribution in [2.24, 2.45) is 11.8 Å². The van der Waals surface area contributed by atoms with E-state index < -0.39 is 20.6 Å². The predicted molar refractivity (Wildman–Crippen MR) is 134 cm³/mol. The number of ether oxygens (including phenoxy) is 2. The Kier molecular flexibility index (Phi) is 6.91. The Labute approximate surface area is 202 Å². The van der Waals surface area contributed by atoms with Gasteiger partial charge in [0.1, 0.15) is 6.29 Å². The van der Waals surface area contributed by atoms with Gasteiger partial charge in [-0.3, -0.25) is 9.59 Å². The van der Waals surface area contributed by atoms with Gasteiger partial charge in [0.2, 0.25) is 0 Å². The van der Waals surface area contributed by atoms with Crippen molar-refractivity contribution in [3.63, 3.8) is 0 Å². The maximum absolute atomic E-state index is 11.7. The predicted octanol–water partition coefficient (Wildman–Crippen LogP) is 4.13. The summed E-state index contributed by atoms with van der Waals surface area (Å²) in [6, 6.07) is 20.9. The summed E-state index contributed by atoms with van der Waals surface area (Å²) in [5, 5.41) is 2.25. The van der Waals surface area contributed by atoms with E-state index in [1.165, 1.54) is 23.6 Å². The molecule has 6 heteroatoms. The molecule has 0 saturated heterocycles. The molecule has 178 valence electrons. The standard InChI is InChI=1S/C28H32O5Si/c1-20(30)33-27-26-21(15-16-25(26)22(17-29)18-31-27)19-32-34(28(2,3)4,23-11-7-5-8-12-23)24-13-9-6-10-14-24/h5-15,17-18,25-27H,16,19H2,1-4H3/t25-,26-,27+/m1/s1. The van der Waals surface area contributed by atoms with Gasteiger partial charge in [0, 0.05) is 18.4 Å². The number of rotatable bonds is 7. The summed E-state index contributed by atoms with van der Waals surface area (Å²) in [6.07, 6.45) is 4.32. The quantitative estimate of drug-likeness (QED) is 0.260. The lowest BCUT2D eigenvalue weighted by atomic mass is 9.84. The van der Waals surface area contributed by atoms with Gasteiger partial charge in [-0.05, 0) is 27.4 Å². The SMILES string of the molecule is CC(=O)O[C@@H]1OC=C(C=O)[C@H]2CC=C(CO[Si](c3ccccc3)(c3ccccc3)C(C)(C)C)[C@@H]12. The molecule has 0 N–H and O–H groups in total. The fourth-order valence-electron chi connectivity index (χ4n) is 5.33. The Morgan fingerprint density at radius 1 is 1.06 bits per heavy atom. The Hall–Kier alpha value is -2.96. The molecule has 1 aliphatic heterocycles. The Balaban J connectivity index is 1.72. The summed E-state index contributed by atoms with van der Waals surface area (Å²) >= 11 is 0. The maximum atomic E-state index is 11.7. The van der Waals surface area contributed by atoms with Gasteiger partial charge in [0.15, 0.2) is 0 Å². The zero-order valence-corrected chi connectivity index (χ0v) is 21.2. The largest absolute Gasteiger partial charge is 0.461 e. The third-order valence-electron chi connectivity index (χ3n) is 6.85. The highest BCUT2D eigenvalue weighted by Crippen LogP contribution is 2.44. The van der Waals surface area contributed by atoms with Gasteiger partial charge in [-0.25, -0.2) is 0 Å². The van der Waals surface area contributed by atoms with Crippen LogP contribution in [-0.4, -0.2) is 33.5 Å². The fraction of sp³-hybridized carbons (Fsp3) is 0.357. The van der Waals surface area contributed by atoms with Crippen LogP contribution in [0.5, 0.6) is 0 Å². The zero-order chi connectivity index (χ0) is 24.3. The average Bonchev–Trinajstić information content (AvgIpc) is 3.25. The number of hydrogen-bond donors (Lipinski definition) is 0. The third kappa shape index (κ3) is 4.40. The van der Waals surface area contributed by atoms with Crippen LogP contribution in [0, 0.1) is 11.8 Å². The monoisotopic (exact) mass is 476 g/mol. The third-order valence-corrected chi connectivity index (χ3v) is 11.8. The molecule has 4 rings (SSSR count). The smallest absolute Gasteiger partial charge is 0.305 e. The van der Waals surface area contributed by atoms with Crippen molar-refractivity contribution in [2.75, 3.05) is 6.61 Å². The molecule has 1 heterocycles. The molecule has 3 atom stereocenters. The number of esters is 1. The van der Waals surface area contributed by atoms with Crippen LogP contribution in [0.1, 0.15) is 34.1 Å². The molecule has 34 heavy (non-hydrogen) atoms. The van der Waals surface area contributed by atoms with Gasteiger partial charge in [-0.2, -0.15) is 0 Å². The van der Waals surface area contributed by atoms with Gasteiger partial charge in [-0.15, -0.1) is 0 Å². The lowest BCUT2D eigenvalue weighted by molar-refractivity contribution is -0.179. The van der Waals surface area contributed by atoms with Crippen LogP contribution >= 0.6 is 0 Å². The molecule has 0 saturated carbocycles. The van der Waals surface area contributed by atoms with E-state index in [-0.39, 0.29) is 16.9 Å². The summed E-state index contributed by atoms with van der Waals surface area (Å²) in [4.78, 5) is 23.4. The molecule has 0 spiro atoms. The molecule has 5 nitrogen and oxygen atoms in total. The summed E-state index contributed by atoms with van der Waals surface area (Å²) < 4.78 is 18.3. The van der Waals surface area contributed by atoms with Crippen molar-refractivity contribution in [3.8, 4) is 0 Å². The van der Waals surface area contributed by atoms with E-state index in [4.69, 9.17) is 13.9 Å². The van der Waals surface area contributed by atoms with E-state index >= 15 is 0 Å². The summed E-state index contributed by atoms with van der Waals surface area (Å²) in [5.41, 5.74) is 1.60.